The van der Waals surface area contributed by atoms with Crippen LogP contribution in [-0.4, -0.2) is 12.1 Å². The summed E-state index contributed by atoms with van der Waals surface area (Å²) in [4.78, 5) is 3.04. The molecule has 0 saturated carbocycles. The number of aromatic amines is 1. The van der Waals surface area contributed by atoms with Crippen LogP contribution in [0.25, 0.3) is 10.9 Å². The molecule has 1 aromatic heterocycles. The molecule has 2 aromatic rings. The van der Waals surface area contributed by atoms with Crippen LogP contribution in [0.15, 0.2) is 24.4 Å². The highest BCUT2D eigenvalue weighted by Gasteiger charge is 2.04. The van der Waals surface area contributed by atoms with E-state index in [0.717, 1.165) is 16.7 Å². The fraction of sp³-hybridized carbons (Fsp3) is 0.100. The summed E-state index contributed by atoms with van der Waals surface area (Å²) in [5.74, 6) is 0.732. The zero-order valence-corrected chi connectivity index (χ0v) is 7.16. The molecule has 0 aliphatic heterocycles. The Balaban J connectivity index is 2.79. The van der Waals surface area contributed by atoms with Crippen LogP contribution >= 0.6 is 0 Å². The maximum absolute atomic E-state index is 8.74. The first-order chi connectivity index (χ1) is 6.35. The Morgan fingerprint density at radius 3 is 3.00 bits per heavy atom. The smallest absolute Gasteiger partial charge is 0.129 e. The highest BCUT2D eigenvalue weighted by atomic mass is 16.5. The summed E-state index contributed by atoms with van der Waals surface area (Å²) in [7, 11) is 1.60. The van der Waals surface area contributed by atoms with Crippen LogP contribution in [-0.2, 0) is 0 Å². The fourth-order valence-electron chi connectivity index (χ4n) is 1.37. The van der Waals surface area contributed by atoms with E-state index >= 15 is 0 Å². The van der Waals surface area contributed by atoms with Gasteiger partial charge < -0.3 is 9.72 Å². The van der Waals surface area contributed by atoms with Crippen molar-refractivity contribution >= 4 is 10.9 Å². The van der Waals surface area contributed by atoms with E-state index in [1.807, 2.05) is 12.3 Å². The van der Waals surface area contributed by atoms with Crippen LogP contribution in [0, 0.1) is 11.3 Å². The third-order valence-electron chi connectivity index (χ3n) is 1.98. The molecule has 0 amide bonds. The lowest BCUT2D eigenvalue weighted by Crippen LogP contribution is -1.85. The molecule has 2 rings (SSSR count). The molecule has 3 heteroatoms. The molecule has 1 aromatic carbocycles. The second-order valence-electron chi connectivity index (χ2n) is 2.73. The molecule has 64 valence electrons. The van der Waals surface area contributed by atoms with E-state index in [1.165, 1.54) is 0 Å². The number of nitrogens with zero attached hydrogens (tertiary/aromatic N) is 1. The number of methoxy groups -OCH3 is 1. The van der Waals surface area contributed by atoms with Crippen LogP contribution in [0.2, 0.25) is 0 Å². The standard InChI is InChI=1S/C10H8N2O/c1-13-10-5-7(6-11)4-9-8(10)2-3-12-9/h2-5,12H,1H3. The monoisotopic (exact) mass is 172 g/mol. The minimum Gasteiger partial charge on any atom is -0.496 e. The summed E-state index contributed by atoms with van der Waals surface area (Å²) in [6.45, 7) is 0. The predicted octanol–water partition coefficient (Wildman–Crippen LogP) is 2.05. The minimum atomic E-state index is 0.604. The lowest BCUT2D eigenvalue weighted by Gasteiger charge is -2.01. The van der Waals surface area contributed by atoms with Crippen molar-refractivity contribution in [3.8, 4) is 11.8 Å². The molecule has 1 N–H and O–H groups in total. The minimum absolute atomic E-state index is 0.604. The summed E-state index contributed by atoms with van der Waals surface area (Å²) in [5, 5.41) is 9.74. The maximum Gasteiger partial charge on any atom is 0.129 e. The Bertz CT molecular complexity index is 479. The SMILES string of the molecule is COc1cc(C#N)cc2[nH]ccc12. The number of benzene rings is 1. The van der Waals surface area contributed by atoms with Crippen LogP contribution in [0.1, 0.15) is 5.56 Å². The van der Waals surface area contributed by atoms with Gasteiger partial charge >= 0.3 is 0 Å². The fourth-order valence-corrected chi connectivity index (χ4v) is 1.37. The van der Waals surface area contributed by atoms with E-state index in [1.54, 1.807) is 19.2 Å². The number of nitriles is 1. The van der Waals surface area contributed by atoms with Gasteiger partial charge in [0.2, 0.25) is 0 Å². The Kier molecular flexibility index (Phi) is 1.67. The first-order valence-electron chi connectivity index (χ1n) is 3.90. The number of hydrogen-bond donors (Lipinski definition) is 1. The van der Waals surface area contributed by atoms with Gasteiger partial charge in [-0.15, -0.1) is 0 Å². The summed E-state index contributed by atoms with van der Waals surface area (Å²) in [6, 6.07) is 7.55. The number of fused-ring (bicyclic) bond motifs is 1. The zero-order chi connectivity index (χ0) is 9.26. The number of nitrogens with one attached hydrogen (secondary N) is 1. The summed E-state index contributed by atoms with van der Waals surface area (Å²) in [5.41, 5.74) is 1.53. The van der Waals surface area contributed by atoms with Gasteiger partial charge in [-0.05, 0) is 18.2 Å². The predicted molar refractivity (Wildman–Crippen MR) is 49.6 cm³/mol. The molecule has 0 fully saturated rings. The highest BCUT2D eigenvalue weighted by Crippen LogP contribution is 2.26. The third kappa shape index (κ3) is 1.13. The molecular formula is C10H8N2O. The van der Waals surface area contributed by atoms with Crippen molar-refractivity contribution in [2.45, 2.75) is 0 Å². The van der Waals surface area contributed by atoms with Gasteiger partial charge in [0.05, 0.1) is 24.3 Å². The molecule has 0 aliphatic carbocycles. The van der Waals surface area contributed by atoms with E-state index in [0.29, 0.717) is 5.56 Å². The average Bonchev–Trinajstić information content (AvgIpc) is 2.63. The van der Waals surface area contributed by atoms with Crippen LogP contribution in [0.5, 0.6) is 5.75 Å². The molecular weight excluding hydrogens is 164 g/mol. The maximum atomic E-state index is 8.74. The lowest BCUT2D eigenvalue weighted by molar-refractivity contribution is 0.419. The van der Waals surface area contributed by atoms with Crippen molar-refractivity contribution in [2.24, 2.45) is 0 Å². The van der Waals surface area contributed by atoms with E-state index in [2.05, 4.69) is 11.1 Å². The molecule has 0 radical (unpaired) electrons. The molecule has 0 spiro atoms. The van der Waals surface area contributed by atoms with E-state index in [4.69, 9.17) is 10.00 Å². The Morgan fingerprint density at radius 1 is 1.46 bits per heavy atom. The Morgan fingerprint density at radius 2 is 2.31 bits per heavy atom. The normalized spacial score (nSPS) is 9.85. The summed E-state index contributed by atoms with van der Waals surface area (Å²) < 4.78 is 5.16. The highest BCUT2D eigenvalue weighted by molar-refractivity contribution is 5.87. The van der Waals surface area contributed by atoms with Gasteiger partial charge in [-0.2, -0.15) is 5.26 Å². The topological polar surface area (TPSA) is 48.8 Å². The largest absolute Gasteiger partial charge is 0.496 e. The van der Waals surface area contributed by atoms with Crippen LogP contribution in [0.3, 0.4) is 0 Å². The van der Waals surface area contributed by atoms with Gasteiger partial charge in [-0.25, -0.2) is 0 Å². The zero-order valence-electron chi connectivity index (χ0n) is 7.16. The molecule has 3 nitrogen and oxygen atoms in total. The van der Waals surface area contributed by atoms with Crippen molar-refractivity contribution in [2.75, 3.05) is 7.11 Å². The second-order valence-corrected chi connectivity index (χ2v) is 2.73. The van der Waals surface area contributed by atoms with E-state index in [9.17, 15) is 0 Å². The Hall–Kier alpha value is -1.95. The van der Waals surface area contributed by atoms with Gasteiger partial charge in [-0.1, -0.05) is 0 Å². The number of aromatic nitrogens is 1. The third-order valence-corrected chi connectivity index (χ3v) is 1.98. The molecule has 13 heavy (non-hydrogen) atoms. The lowest BCUT2D eigenvalue weighted by atomic mass is 10.1. The molecule has 0 unspecified atom stereocenters. The molecule has 0 bridgehead atoms. The first-order valence-corrected chi connectivity index (χ1v) is 3.90. The van der Waals surface area contributed by atoms with Crippen LogP contribution < -0.4 is 4.74 Å². The van der Waals surface area contributed by atoms with E-state index in [-0.39, 0.29) is 0 Å². The average molecular weight is 172 g/mol. The van der Waals surface area contributed by atoms with Gasteiger partial charge in [0.25, 0.3) is 0 Å². The number of ether oxygens (including phenoxy) is 1. The summed E-state index contributed by atoms with van der Waals surface area (Å²) >= 11 is 0. The van der Waals surface area contributed by atoms with Gasteiger partial charge in [0, 0.05) is 11.6 Å². The number of hydrogen-bond acceptors (Lipinski definition) is 2. The van der Waals surface area contributed by atoms with Gasteiger partial charge in [0.1, 0.15) is 5.75 Å². The summed E-state index contributed by atoms with van der Waals surface area (Å²) in [6.07, 6.45) is 1.83. The number of H-pyrrole nitrogens is 1. The van der Waals surface area contributed by atoms with Gasteiger partial charge in [-0.3, -0.25) is 0 Å². The van der Waals surface area contributed by atoms with Crippen LogP contribution in [0.4, 0.5) is 0 Å². The van der Waals surface area contributed by atoms with Gasteiger partial charge in [0.15, 0.2) is 0 Å². The van der Waals surface area contributed by atoms with Crippen molar-refractivity contribution in [3.05, 3.63) is 30.0 Å². The molecule has 1 heterocycles. The number of rotatable bonds is 1. The van der Waals surface area contributed by atoms with Crippen molar-refractivity contribution in [1.82, 2.24) is 4.98 Å². The Labute approximate surface area is 75.6 Å². The second kappa shape index (κ2) is 2.83. The first kappa shape index (κ1) is 7.69. The van der Waals surface area contributed by atoms with E-state index < -0.39 is 0 Å². The molecule has 0 saturated heterocycles. The quantitative estimate of drug-likeness (QED) is 0.715. The molecule has 0 atom stereocenters. The van der Waals surface area contributed by atoms with Crippen molar-refractivity contribution in [1.29, 1.82) is 5.26 Å². The molecule has 0 aliphatic rings. The van der Waals surface area contributed by atoms with Crippen molar-refractivity contribution in [3.63, 3.8) is 0 Å². The van der Waals surface area contributed by atoms with Crippen molar-refractivity contribution < 1.29 is 4.74 Å².